The van der Waals surface area contributed by atoms with Crippen molar-refractivity contribution >= 4 is 0 Å². The molecule has 0 amide bonds. The van der Waals surface area contributed by atoms with Gasteiger partial charge in [-0.3, -0.25) is 0 Å². The summed E-state index contributed by atoms with van der Waals surface area (Å²) in [5.41, 5.74) is 0.212. The van der Waals surface area contributed by atoms with E-state index in [-0.39, 0.29) is 11.6 Å². The molecule has 0 aromatic heterocycles. The Labute approximate surface area is 88.5 Å². The second kappa shape index (κ2) is 4.27. The van der Waals surface area contributed by atoms with E-state index in [1.54, 1.807) is 0 Å². The van der Waals surface area contributed by atoms with Crippen LogP contribution in [-0.4, -0.2) is 13.1 Å². The van der Waals surface area contributed by atoms with Crippen LogP contribution >= 0.6 is 0 Å². The molecule has 0 heterocycles. The van der Waals surface area contributed by atoms with Gasteiger partial charge in [0.05, 0.1) is 0 Å². The van der Waals surface area contributed by atoms with Gasteiger partial charge in [0.15, 0.2) is 0 Å². The topological polar surface area (TPSA) is 12.0 Å². The molecule has 0 aliphatic heterocycles. The van der Waals surface area contributed by atoms with Crippen LogP contribution in [0.1, 0.15) is 18.4 Å². The minimum atomic E-state index is -0.434. The largest absolute Gasteiger partial charge is 0.316 e. The average Bonchev–Trinajstić information content (AvgIpc) is 3.01. The van der Waals surface area contributed by atoms with Crippen molar-refractivity contribution in [2.75, 3.05) is 7.05 Å². The van der Waals surface area contributed by atoms with Crippen molar-refractivity contribution in [3.8, 4) is 0 Å². The zero-order valence-electron chi connectivity index (χ0n) is 8.76. The average molecular weight is 211 g/mol. The maximum Gasteiger partial charge on any atom is 0.129 e. The maximum absolute atomic E-state index is 13.4. The SMILES string of the molecule is CNC(Cc1c(F)cccc1F)C1CC1. The standard InChI is InChI=1S/C12H15F2N/c1-15-12(8-5-6-8)7-9-10(13)3-2-4-11(9)14/h2-4,8,12,15H,5-7H2,1H3. The van der Waals surface area contributed by atoms with E-state index in [2.05, 4.69) is 5.32 Å². The van der Waals surface area contributed by atoms with Gasteiger partial charge in [0.25, 0.3) is 0 Å². The molecule has 82 valence electrons. The molecule has 1 aliphatic rings. The van der Waals surface area contributed by atoms with Crippen LogP contribution in [0, 0.1) is 17.6 Å². The summed E-state index contributed by atoms with van der Waals surface area (Å²) in [5, 5.41) is 3.13. The van der Waals surface area contributed by atoms with Crippen molar-refractivity contribution < 1.29 is 8.78 Å². The minimum absolute atomic E-state index is 0.205. The second-order valence-electron chi connectivity index (χ2n) is 4.14. The summed E-state index contributed by atoms with van der Waals surface area (Å²) < 4.78 is 26.7. The third-order valence-electron chi connectivity index (χ3n) is 3.05. The first-order chi connectivity index (χ1) is 7.22. The van der Waals surface area contributed by atoms with E-state index in [9.17, 15) is 8.78 Å². The van der Waals surface area contributed by atoms with Gasteiger partial charge in [-0.05, 0) is 44.4 Å². The highest BCUT2D eigenvalue weighted by molar-refractivity contribution is 5.21. The number of halogens is 2. The third kappa shape index (κ3) is 2.34. The zero-order valence-corrected chi connectivity index (χ0v) is 8.76. The zero-order chi connectivity index (χ0) is 10.8. The quantitative estimate of drug-likeness (QED) is 0.806. The molecule has 0 saturated heterocycles. The van der Waals surface area contributed by atoms with Crippen LogP contribution in [0.5, 0.6) is 0 Å². The van der Waals surface area contributed by atoms with Gasteiger partial charge < -0.3 is 5.32 Å². The molecular weight excluding hydrogens is 196 g/mol. The molecule has 0 bridgehead atoms. The fourth-order valence-electron chi connectivity index (χ4n) is 1.95. The van der Waals surface area contributed by atoms with Gasteiger partial charge >= 0.3 is 0 Å². The molecule has 1 N–H and O–H groups in total. The van der Waals surface area contributed by atoms with E-state index in [4.69, 9.17) is 0 Å². The van der Waals surface area contributed by atoms with Crippen molar-refractivity contribution in [2.24, 2.45) is 5.92 Å². The maximum atomic E-state index is 13.4. The van der Waals surface area contributed by atoms with E-state index in [0.717, 1.165) is 0 Å². The molecule has 1 aliphatic carbocycles. The van der Waals surface area contributed by atoms with Crippen molar-refractivity contribution in [3.05, 3.63) is 35.4 Å². The van der Waals surface area contributed by atoms with Crippen LogP contribution in [-0.2, 0) is 6.42 Å². The van der Waals surface area contributed by atoms with Gasteiger partial charge in [0.2, 0.25) is 0 Å². The highest BCUT2D eigenvalue weighted by atomic mass is 19.1. The predicted molar refractivity (Wildman–Crippen MR) is 55.6 cm³/mol. The predicted octanol–water partition coefficient (Wildman–Crippen LogP) is 2.51. The molecule has 1 aromatic rings. The fourth-order valence-corrected chi connectivity index (χ4v) is 1.95. The Bertz CT molecular complexity index is 327. The Kier molecular flexibility index (Phi) is 3.00. The van der Waals surface area contributed by atoms with Gasteiger partial charge in [-0.2, -0.15) is 0 Å². The molecular formula is C12H15F2N. The highest BCUT2D eigenvalue weighted by Gasteiger charge is 2.31. The first kappa shape index (κ1) is 10.6. The summed E-state index contributed by atoms with van der Waals surface area (Å²) in [6, 6.07) is 4.24. The van der Waals surface area contributed by atoms with E-state index in [0.29, 0.717) is 12.3 Å². The third-order valence-corrected chi connectivity index (χ3v) is 3.05. The Balaban J connectivity index is 2.14. The summed E-state index contributed by atoms with van der Waals surface area (Å²) in [4.78, 5) is 0. The Hall–Kier alpha value is -0.960. The summed E-state index contributed by atoms with van der Waals surface area (Å²) in [6.45, 7) is 0. The molecule has 15 heavy (non-hydrogen) atoms. The van der Waals surface area contributed by atoms with E-state index >= 15 is 0 Å². The molecule has 1 nitrogen and oxygen atoms in total. The molecule has 1 aromatic carbocycles. The number of benzene rings is 1. The molecule has 1 saturated carbocycles. The molecule has 0 radical (unpaired) electrons. The summed E-state index contributed by atoms with van der Waals surface area (Å²) >= 11 is 0. The van der Waals surface area contributed by atoms with Crippen LogP contribution in [0.2, 0.25) is 0 Å². The first-order valence-corrected chi connectivity index (χ1v) is 5.32. The number of hydrogen-bond donors (Lipinski definition) is 1. The monoisotopic (exact) mass is 211 g/mol. The summed E-state index contributed by atoms with van der Waals surface area (Å²) in [5.74, 6) is -0.277. The molecule has 1 unspecified atom stereocenters. The summed E-state index contributed by atoms with van der Waals surface area (Å²) in [7, 11) is 1.85. The molecule has 1 fully saturated rings. The van der Waals surface area contributed by atoms with Crippen LogP contribution in [0.15, 0.2) is 18.2 Å². The van der Waals surface area contributed by atoms with Crippen molar-refractivity contribution in [2.45, 2.75) is 25.3 Å². The van der Waals surface area contributed by atoms with Crippen LogP contribution in [0.4, 0.5) is 8.78 Å². The smallest absolute Gasteiger partial charge is 0.129 e. The molecule has 2 rings (SSSR count). The number of rotatable bonds is 4. The lowest BCUT2D eigenvalue weighted by molar-refractivity contribution is 0.469. The lowest BCUT2D eigenvalue weighted by Crippen LogP contribution is -2.30. The van der Waals surface area contributed by atoms with E-state index in [1.165, 1.54) is 31.0 Å². The first-order valence-electron chi connectivity index (χ1n) is 5.32. The van der Waals surface area contributed by atoms with E-state index < -0.39 is 11.6 Å². The molecule has 0 spiro atoms. The van der Waals surface area contributed by atoms with Gasteiger partial charge in [-0.15, -0.1) is 0 Å². The van der Waals surface area contributed by atoms with Gasteiger partial charge in [-0.1, -0.05) is 6.07 Å². The van der Waals surface area contributed by atoms with E-state index in [1.807, 2.05) is 7.05 Å². The lowest BCUT2D eigenvalue weighted by atomic mass is 10.0. The van der Waals surface area contributed by atoms with Crippen molar-refractivity contribution in [3.63, 3.8) is 0 Å². The van der Waals surface area contributed by atoms with Crippen LogP contribution in [0.25, 0.3) is 0 Å². The Morgan fingerprint density at radius 1 is 1.33 bits per heavy atom. The van der Waals surface area contributed by atoms with Crippen molar-refractivity contribution in [1.29, 1.82) is 0 Å². The fraction of sp³-hybridized carbons (Fsp3) is 0.500. The van der Waals surface area contributed by atoms with Gasteiger partial charge in [0.1, 0.15) is 11.6 Å². The Morgan fingerprint density at radius 3 is 2.40 bits per heavy atom. The summed E-state index contributed by atoms with van der Waals surface area (Å²) in [6.07, 6.45) is 2.78. The minimum Gasteiger partial charge on any atom is -0.316 e. The van der Waals surface area contributed by atoms with Crippen LogP contribution < -0.4 is 5.32 Å². The number of likely N-dealkylation sites (N-methyl/N-ethyl adjacent to an activating group) is 1. The number of hydrogen-bond acceptors (Lipinski definition) is 1. The molecule has 1 atom stereocenters. The normalized spacial score (nSPS) is 17.8. The van der Waals surface area contributed by atoms with Gasteiger partial charge in [0, 0.05) is 11.6 Å². The second-order valence-corrected chi connectivity index (χ2v) is 4.14. The van der Waals surface area contributed by atoms with Crippen LogP contribution in [0.3, 0.4) is 0 Å². The Morgan fingerprint density at radius 2 is 1.93 bits per heavy atom. The van der Waals surface area contributed by atoms with Gasteiger partial charge in [-0.25, -0.2) is 8.78 Å². The highest BCUT2D eigenvalue weighted by Crippen LogP contribution is 2.34. The lowest BCUT2D eigenvalue weighted by Gasteiger charge is -2.16. The van der Waals surface area contributed by atoms with Crippen molar-refractivity contribution in [1.82, 2.24) is 5.32 Å². The molecule has 3 heteroatoms. The number of nitrogens with one attached hydrogen (secondary N) is 1.